The normalized spacial score (nSPS) is 18.0. The number of hydrogen-bond donors (Lipinski definition) is 0. The number of aromatic nitrogens is 3. The number of thiazole rings is 1. The van der Waals surface area contributed by atoms with Crippen LogP contribution in [0.4, 0.5) is 5.13 Å². The summed E-state index contributed by atoms with van der Waals surface area (Å²) in [7, 11) is 0. The molecule has 0 spiro atoms. The van der Waals surface area contributed by atoms with Gasteiger partial charge in [0.15, 0.2) is 5.13 Å². The molecular weight excluding hydrogens is 320 g/mol. The van der Waals surface area contributed by atoms with Crippen molar-refractivity contribution in [2.24, 2.45) is 0 Å². The Labute approximate surface area is 136 Å². The Morgan fingerprint density at radius 2 is 2.09 bits per heavy atom. The molecular formula is C15H13ClN4OS. The molecule has 1 unspecified atom stereocenters. The smallest absolute Gasteiger partial charge is 0.186 e. The molecule has 4 heterocycles. The first-order valence-corrected chi connectivity index (χ1v) is 8.21. The molecule has 112 valence electrons. The van der Waals surface area contributed by atoms with Gasteiger partial charge in [0.25, 0.3) is 0 Å². The Balaban J connectivity index is 1.49. The topological polar surface area (TPSA) is 51.1 Å². The average molecular weight is 333 g/mol. The minimum Gasteiger partial charge on any atom is -0.487 e. The molecule has 0 bridgehead atoms. The van der Waals surface area contributed by atoms with Gasteiger partial charge in [0.2, 0.25) is 0 Å². The second-order valence-electron chi connectivity index (χ2n) is 5.12. The zero-order valence-corrected chi connectivity index (χ0v) is 13.2. The van der Waals surface area contributed by atoms with Crippen molar-refractivity contribution in [3.8, 4) is 5.75 Å². The third kappa shape index (κ3) is 2.60. The lowest BCUT2D eigenvalue weighted by Crippen LogP contribution is -2.24. The molecule has 5 nitrogen and oxygen atoms in total. The predicted octanol–water partition coefficient (Wildman–Crippen LogP) is 3.40. The number of hydrogen-bond acceptors (Lipinski definition) is 6. The highest BCUT2D eigenvalue weighted by Gasteiger charge is 2.26. The summed E-state index contributed by atoms with van der Waals surface area (Å²) < 4.78 is 7.14. The van der Waals surface area contributed by atoms with Gasteiger partial charge in [0.05, 0.1) is 17.4 Å². The fraction of sp³-hybridized carbons (Fsp3) is 0.267. The van der Waals surface area contributed by atoms with Crippen LogP contribution in [0.25, 0.3) is 10.2 Å². The maximum atomic E-state index is 6.09. The molecule has 0 amide bonds. The lowest BCUT2D eigenvalue weighted by atomic mass is 10.3. The molecule has 1 fully saturated rings. The van der Waals surface area contributed by atoms with Crippen LogP contribution in [0, 0.1) is 0 Å². The standard InChI is InChI=1S/C15H13ClN4OS/c16-11-7-17-4-1-13(11)21-10-3-6-20(9-10)15-19-12-8-18-5-2-14(12)22-15/h1-2,4-5,7-8,10H,3,6,9H2. The third-order valence-corrected chi connectivity index (χ3v) is 5.00. The van der Waals surface area contributed by atoms with Crippen LogP contribution in [0.5, 0.6) is 5.75 Å². The molecule has 1 aliphatic heterocycles. The maximum absolute atomic E-state index is 6.09. The maximum Gasteiger partial charge on any atom is 0.186 e. The molecule has 1 saturated heterocycles. The van der Waals surface area contributed by atoms with Crippen molar-refractivity contribution in [1.82, 2.24) is 15.0 Å². The van der Waals surface area contributed by atoms with Crippen molar-refractivity contribution >= 4 is 38.3 Å². The van der Waals surface area contributed by atoms with Crippen molar-refractivity contribution in [2.45, 2.75) is 12.5 Å². The first-order valence-electron chi connectivity index (χ1n) is 7.01. The Morgan fingerprint density at radius 1 is 1.23 bits per heavy atom. The minimum atomic E-state index is 0.116. The van der Waals surface area contributed by atoms with Crippen LogP contribution in [0.1, 0.15) is 6.42 Å². The molecule has 0 aliphatic carbocycles. The van der Waals surface area contributed by atoms with E-state index in [0.717, 1.165) is 34.9 Å². The lowest BCUT2D eigenvalue weighted by molar-refractivity contribution is 0.225. The summed E-state index contributed by atoms with van der Waals surface area (Å²) in [5, 5.41) is 1.57. The highest BCUT2D eigenvalue weighted by atomic mass is 35.5. The Kier molecular flexibility index (Phi) is 3.56. The van der Waals surface area contributed by atoms with Crippen LogP contribution >= 0.6 is 22.9 Å². The number of rotatable bonds is 3. The van der Waals surface area contributed by atoms with Gasteiger partial charge in [-0.15, -0.1) is 0 Å². The molecule has 22 heavy (non-hydrogen) atoms. The highest BCUT2D eigenvalue weighted by molar-refractivity contribution is 7.22. The van der Waals surface area contributed by atoms with E-state index in [1.54, 1.807) is 42.2 Å². The SMILES string of the molecule is Clc1cnccc1OC1CCN(c2nc3cnccc3s2)C1. The van der Waals surface area contributed by atoms with Gasteiger partial charge in [-0.25, -0.2) is 4.98 Å². The van der Waals surface area contributed by atoms with Crippen molar-refractivity contribution in [3.05, 3.63) is 41.9 Å². The monoisotopic (exact) mass is 332 g/mol. The van der Waals surface area contributed by atoms with E-state index in [9.17, 15) is 0 Å². The van der Waals surface area contributed by atoms with Crippen molar-refractivity contribution in [2.75, 3.05) is 18.0 Å². The van der Waals surface area contributed by atoms with E-state index in [1.807, 2.05) is 6.07 Å². The number of ether oxygens (including phenoxy) is 1. The van der Waals surface area contributed by atoms with Crippen molar-refractivity contribution in [3.63, 3.8) is 0 Å². The van der Waals surface area contributed by atoms with E-state index >= 15 is 0 Å². The van der Waals surface area contributed by atoms with Gasteiger partial charge in [0.1, 0.15) is 22.4 Å². The van der Waals surface area contributed by atoms with Gasteiger partial charge in [0, 0.05) is 37.6 Å². The van der Waals surface area contributed by atoms with Crippen LogP contribution in [0.2, 0.25) is 5.02 Å². The quantitative estimate of drug-likeness (QED) is 0.735. The molecule has 0 radical (unpaired) electrons. The minimum absolute atomic E-state index is 0.116. The van der Waals surface area contributed by atoms with Gasteiger partial charge >= 0.3 is 0 Å². The van der Waals surface area contributed by atoms with E-state index < -0.39 is 0 Å². The van der Waals surface area contributed by atoms with Crippen molar-refractivity contribution in [1.29, 1.82) is 0 Å². The van der Waals surface area contributed by atoms with Crippen LogP contribution < -0.4 is 9.64 Å². The molecule has 1 aliphatic rings. The zero-order valence-electron chi connectivity index (χ0n) is 11.6. The van der Waals surface area contributed by atoms with E-state index in [1.165, 1.54) is 0 Å². The summed E-state index contributed by atoms with van der Waals surface area (Å²) in [6.07, 6.45) is 7.96. The van der Waals surface area contributed by atoms with E-state index in [0.29, 0.717) is 10.8 Å². The number of fused-ring (bicyclic) bond motifs is 1. The first kappa shape index (κ1) is 13.7. The number of nitrogens with zero attached hydrogens (tertiary/aromatic N) is 4. The zero-order chi connectivity index (χ0) is 14.9. The summed E-state index contributed by atoms with van der Waals surface area (Å²) in [5.74, 6) is 0.692. The average Bonchev–Trinajstić information content (AvgIpc) is 3.15. The summed E-state index contributed by atoms with van der Waals surface area (Å²) >= 11 is 7.78. The van der Waals surface area contributed by atoms with Gasteiger partial charge in [-0.1, -0.05) is 22.9 Å². The van der Waals surface area contributed by atoms with E-state index in [4.69, 9.17) is 16.3 Å². The van der Waals surface area contributed by atoms with Gasteiger partial charge in [-0.3, -0.25) is 9.97 Å². The summed E-state index contributed by atoms with van der Waals surface area (Å²) in [5.41, 5.74) is 0.948. The number of anilines is 1. The molecule has 1 atom stereocenters. The summed E-state index contributed by atoms with van der Waals surface area (Å²) in [4.78, 5) is 15.0. The molecule has 4 rings (SSSR count). The largest absolute Gasteiger partial charge is 0.487 e. The van der Waals surface area contributed by atoms with Gasteiger partial charge in [-0.2, -0.15) is 0 Å². The Hall–Kier alpha value is -1.92. The Bertz CT molecular complexity index is 776. The fourth-order valence-electron chi connectivity index (χ4n) is 2.54. The summed E-state index contributed by atoms with van der Waals surface area (Å²) in [6.45, 7) is 1.74. The molecule has 0 saturated carbocycles. The summed E-state index contributed by atoms with van der Waals surface area (Å²) in [6, 6.07) is 3.80. The Morgan fingerprint density at radius 3 is 2.95 bits per heavy atom. The number of pyridine rings is 2. The lowest BCUT2D eigenvalue weighted by Gasteiger charge is -2.16. The third-order valence-electron chi connectivity index (χ3n) is 3.62. The van der Waals surface area contributed by atoms with E-state index in [-0.39, 0.29) is 6.10 Å². The second kappa shape index (κ2) is 5.70. The number of halogens is 1. The van der Waals surface area contributed by atoms with Crippen LogP contribution in [-0.4, -0.2) is 34.1 Å². The van der Waals surface area contributed by atoms with Crippen molar-refractivity contribution < 1.29 is 4.74 Å². The second-order valence-corrected chi connectivity index (χ2v) is 6.54. The van der Waals surface area contributed by atoms with Gasteiger partial charge in [-0.05, 0) is 6.07 Å². The van der Waals surface area contributed by atoms with Crippen LogP contribution in [0.3, 0.4) is 0 Å². The molecule has 7 heteroatoms. The molecule has 3 aromatic rings. The van der Waals surface area contributed by atoms with Crippen LogP contribution in [0.15, 0.2) is 36.9 Å². The first-order chi connectivity index (χ1) is 10.8. The fourth-order valence-corrected chi connectivity index (χ4v) is 3.67. The molecule has 3 aromatic heterocycles. The predicted molar refractivity (Wildman–Crippen MR) is 87.9 cm³/mol. The van der Waals surface area contributed by atoms with E-state index in [2.05, 4.69) is 19.9 Å². The van der Waals surface area contributed by atoms with Gasteiger partial charge < -0.3 is 9.64 Å². The molecule has 0 aromatic carbocycles. The highest BCUT2D eigenvalue weighted by Crippen LogP contribution is 2.32. The molecule has 0 N–H and O–H groups in total. The van der Waals surface area contributed by atoms with Crippen LogP contribution in [-0.2, 0) is 0 Å².